The van der Waals surface area contributed by atoms with Gasteiger partial charge < -0.3 is 10.2 Å². The smallest absolute Gasteiger partial charge is 0.237 e. The normalized spacial score (nSPS) is 29.2. The average molecular weight is 514 g/mol. The Balaban J connectivity index is 1.69. The number of nitriles is 1. The lowest BCUT2D eigenvalue weighted by atomic mass is 9.72. The average Bonchev–Trinajstić information content (AvgIpc) is 3.24. The van der Waals surface area contributed by atoms with Crippen molar-refractivity contribution in [2.75, 3.05) is 25.1 Å². The van der Waals surface area contributed by atoms with E-state index in [-0.39, 0.29) is 46.9 Å². The van der Waals surface area contributed by atoms with Gasteiger partial charge in [-0.25, -0.2) is 21.2 Å². The minimum atomic E-state index is -3.66. The molecule has 8 nitrogen and oxygen atoms in total. The van der Waals surface area contributed by atoms with Gasteiger partial charge in [0.1, 0.15) is 12.2 Å². The number of rotatable bonds is 7. The van der Waals surface area contributed by atoms with Crippen molar-refractivity contribution in [3.05, 3.63) is 24.3 Å². The minimum absolute atomic E-state index is 0.0239. The number of benzene rings is 1. The number of carbonyl (C=O) groups is 1. The maximum atomic E-state index is 13.7. The highest BCUT2D eigenvalue weighted by Crippen LogP contribution is 2.50. The molecule has 1 amide bonds. The van der Waals surface area contributed by atoms with Crippen molar-refractivity contribution in [3.63, 3.8) is 0 Å². The number of halogens is 1. The quantitative estimate of drug-likeness (QED) is 0.592. The third-order valence-electron chi connectivity index (χ3n) is 7.82. The SMILES string of the molecule is CC1(C)[C@H](CS(=O)(=O)c2ccc(S(C)(=O)=O)cc2)CC[C@]1(C)NCC(=O)N1C[C@H](F)C[C@H]1C#N. The summed E-state index contributed by atoms with van der Waals surface area (Å²) >= 11 is 0. The van der Waals surface area contributed by atoms with Gasteiger partial charge in [0.2, 0.25) is 5.91 Å². The Labute approximate surface area is 201 Å². The fraction of sp³-hybridized carbons (Fsp3) is 0.652. The summed E-state index contributed by atoms with van der Waals surface area (Å²) in [5.41, 5.74) is -1.03. The Morgan fingerprint density at radius 3 is 2.32 bits per heavy atom. The predicted molar refractivity (Wildman–Crippen MR) is 125 cm³/mol. The Bertz CT molecular complexity index is 1190. The van der Waals surface area contributed by atoms with Crippen LogP contribution in [0.4, 0.5) is 4.39 Å². The summed E-state index contributed by atoms with van der Waals surface area (Å²) in [7, 11) is -7.09. The van der Waals surface area contributed by atoms with Gasteiger partial charge >= 0.3 is 0 Å². The number of likely N-dealkylation sites (tertiary alicyclic amines) is 1. The molecule has 0 radical (unpaired) electrons. The van der Waals surface area contributed by atoms with Gasteiger partial charge in [-0.2, -0.15) is 5.26 Å². The first-order chi connectivity index (χ1) is 15.6. The molecule has 1 heterocycles. The molecule has 1 aromatic rings. The number of sulfone groups is 2. The molecule has 11 heteroatoms. The molecule has 1 aliphatic heterocycles. The molecule has 4 atom stereocenters. The number of nitrogens with zero attached hydrogens (tertiary/aromatic N) is 2. The molecule has 2 aliphatic rings. The maximum absolute atomic E-state index is 13.7. The third-order valence-corrected chi connectivity index (χ3v) is 10.8. The van der Waals surface area contributed by atoms with Gasteiger partial charge in [0, 0.05) is 18.2 Å². The summed E-state index contributed by atoms with van der Waals surface area (Å²) < 4.78 is 63.2. The second-order valence-corrected chi connectivity index (χ2v) is 14.2. The summed E-state index contributed by atoms with van der Waals surface area (Å²) in [6, 6.07) is 6.46. The van der Waals surface area contributed by atoms with Gasteiger partial charge in [0.15, 0.2) is 19.7 Å². The molecule has 3 rings (SSSR count). The molecule has 1 saturated heterocycles. The second kappa shape index (κ2) is 9.21. The Morgan fingerprint density at radius 1 is 1.18 bits per heavy atom. The predicted octanol–water partition coefficient (Wildman–Crippen LogP) is 2.11. The van der Waals surface area contributed by atoms with Crippen LogP contribution in [-0.2, 0) is 24.5 Å². The van der Waals surface area contributed by atoms with Crippen LogP contribution < -0.4 is 5.32 Å². The van der Waals surface area contributed by atoms with Gasteiger partial charge in [0.25, 0.3) is 0 Å². The molecular weight excluding hydrogens is 481 g/mol. The van der Waals surface area contributed by atoms with Crippen LogP contribution in [0.15, 0.2) is 34.1 Å². The van der Waals surface area contributed by atoms with Crippen LogP contribution in [-0.4, -0.2) is 70.5 Å². The molecule has 0 aromatic heterocycles. The topological polar surface area (TPSA) is 124 Å². The molecule has 188 valence electrons. The van der Waals surface area contributed by atoms with Crippen molar-refractivity contribution >= 4 is 25.6 Å². The summed E-state index contributed by atoms with van der Waals surface area (Å²) in [5.74, 6) is -0.644. The molecule has 0 unspecified atom stereocenters. The maximum Gasteiger partial charge on any atom is 0.237 e. The van der Waals surface area contributed by atoms with Crippen LogP contribution in [0.5, 0.6) is 0 Å². The van der Waals surface area contributed by atoms with Crippen molar-refractivity contribution < 1.29 is 26.0 Å². The first-order valence-corrected chi connectivity index (χ1v) is 14.8. The largest absolute Gasteiger partial charge is 0.323 e. The van der Waals surface area contributed by atoms with E-state index in [4.69, 9.17) is 0 Å². The highest BCUT2D eigenvalue weighted by Gasteiger charge is 2.52. The molecule has 2 fully saturated rings. The van der Waals surface area contributed by atoms with Crippen LogP contribution in [0.25, 0.3) is 0 Å². The molecule has 1 N–H and O–H groups in total. The van der Waals surface area contributed by atoms with Crippen molar-refractivity contribution in [3.8, 4) is 6.07 Å². The number of hydrogen-bond donors (Lipinski definition) is 1. The first-order valence-electron chi connectivity index (χ1n) is 11.2. The van der Waals surface area contributed by atoms with Crippen LogP contribution in [0.1, 0.15) is 40.0 Å². The first kappa shape index (κ1) is 26.6. The Hall–Kier alpha value is -2.03. The third kappa shape index (κ3) is 5.14. The van der Waals surface area contributed by atoms with E-state index in [1.807, 2.05) is 26.8 Å². The lowest BCUT2D eigenvalue weighted by molar-refractivity contribution is -0.131. The van der Waals surface area contributed by atoms with Crippen LogP contribution in [0.2, 0.25) is 0 Å². The van der Waals surface area contributed by atoms with Gasteiger partial charge in [-0.05, 0) is 55.4 Å². The summed E-state index contributed by atoms with van der Waals surface area (Å²) in [4.78, 5) is 14.1. The van der Waals surface area contributed by atoms with Crippen molar-refractivity contribution in [1.29, 1.82) is 5.26 Å². The number of alkyl halides is 1. The van der Waals surface area contributed by atoms with Gasteiger partial charge in [-0.15, -0.1) is 0 Å². The van der Waals surface area contributed by atoms with Gasteiger partial charge in [-0.3, -0.25) is 4.79 Å². The summed E-state index contributed by atoms with van der Waals surface area (Å²) in [6.45, 7) is 5.75. The highest BCUT2D eigenvalue weighted by atomic mass is 32.2. The summed E-state index contributed by atoms with van der Waals surface area (Å²) in [6.07, 6.45) is 1.16. The van der Waals surface area contributed by atoms with Crippen LogP contribution in [0, 0.1) is 22.7 Å². The van der Waals surface area contributed by atoms with E-state index in [0.29, 0.717) is 12.8 Å². The monoisotopic (exact) mass is 513 g/mol. The lowest BCUT2D eigenvalue weighted by Gasteiger charge is -2.42. The number of amides is 1. The fourth-order valence-electron chi connectivity index (χ4n) is 5.01. The van der Waals surface area contributed by atoms with E-state index in [0.717, 1.165) is 6.26 Å². The van der Waals surface area contributed by atoms with Gasteiger partial charge in [-0.1, -0.05) is 13.8 Å². The molecule has 34 heavy (non-hydrogen) atoms. The zero-order valence-corrected chi connectivity index (χ0v) is 21.5. The minimum Gasteiger partial charge on any atom is -0.323 e. The molecule has 1 saturated carbocycles. The van der Waals surface area contributed by atoms with Crippen molar-refractivity contribution in [2.24, 2.45) is 11.3 Å². The van der Waals surface area contributed by atoms with E-state index in [1.165, 1.54) is 29.2 Å². The standard InChI is InChI=1S/C23H32FN3O5S2/c1-22(2)16(15-34(31,32)20-7-5-19(6-8-20)33(4,29)30)9-10-23(22,3)26-13-21(28)27-14-17(24)11-18(27)12-25/h5-8,16-18,26H,9-11,13-15H2,1-4H3/t16-,17+,18-,23-/m0/s1. The summed E-state index contributed by atoms with van der Waals surface area (Å²) in [5, 5.41) is 12.5. The van der Waals surface area contributed by atoms with Crippen LogP contribution in [0.3, 0.4) is 0 Å². The zero-order chi connectivity index (χ0) is 25.5. The molecule has 1 aromatic carbocycles. The molecular formula is C23H32FN3O5S2. The number of carbonyl (C=O) groups excluding carboxylic acids is 1. The molecule has 1 aliphatic carbocycles. The van der Waals surface area contributed by atoms with E-state index < -0.39 is 42.8 Å². The van der Waals surface area contributed by atoms with Crippen molar-refractivity contribution in [2.45, 2.75) is 67.6 Å². The van der Waals surface area contributed by atoms with E-state index >= 15 is 0 Å². The van der Waals surface area contributed by atoms with Crippen LogP contribution >= 0.6 is 0 Å². The Morgan fingerprint density at radius 2 is 1.76 bits per heavy atom. The number of nitrogens with one attached hydrogen (secondary N) is 1. The molecule has 0 spiro atoms. The van der Waals surface area contributed by atoms with Crippen molar-refractivity contribution in [1.82, 2.24) is 10.2 Å². The Kier molecular flexibility index (Phi) is 7.19. The lowest BCUT2D eigenvalue weighted by Crippen LogP contribution is -2.55. The fourth-order valence-corrected chi connectivity index (χ4v) is 7.50. The van der Waals surface area contributed by atoms with E-state index in [1.54, 1.807) is 0 Å². The van der Waals surface area contributed by atoms with Gasteiger partial charge in [0.05, 0.1) is 34.7 Å². The highest BCUT2D eigenvalue weighted by molar-refractivity contribution is 7.91. The van der Waals surface area contributed by atoms with E-state index in [2.05, 4.69) is 5.32 Å². The number of hydrogen-bond acceptors (Lipinski definition) is 7. The zero-order valence-electron chi connectivity index (χ0n) is 19.9. The van der Waals surface area contributed by atoms with E-state index in [9.17, 15) is 31.3 Å². The second-order valence-electron chi connectivity index (χ2n) is 10.2. The molecule has 0 bridgehead atoms.